The summed E-state index contributed by atoms with van der Waals surface area (Å²) in [7, 11) is 0. The van der Waals surface area contributed by atoms with E-state index in [1.807, 2.05) is 42.6 Å². The zero-order valence-electron chi connectivity index (χ0n) is 12.1. The first kappa shape index (κ1) is 14.2. The van der Waals surface area contributed by atoms with Crippen LogP contribution in [-0.2, 0) is 0 Å². The monoisotopic (exact) mass is 366 g/mol. The molecule has 4 rings (SSSR count). The molecule has 0 N–H and O–H groups in total. The Labute approximate surface area is 141 Å². The highest BCUT2D eigenvalue weighted by Crippen LogP contribution is 2.29. The van der Waals surface area contributed by atoms with Crippen molar-refractivity contribution in [2.24, 2.45) is 0 Å². The van der Waals surface area contributed by atoms with Gasteiger partial charge in [-0.25, -0.2) is 9.07 Å². The zero-order valence-corrected chi connectivity index (χ0v) is 13.7. The lowest BCUT2D eigenvalue weighted by Gasteiger charge is -2.03. The molecule has 0 aliphatic rings. The molecular formula is C19H12BrFN2. The number of rotatable bonds is 2. The van der Waals surface area contributed by atoms with Gasteiger partial charge >= 0.3 is 0 Å². The second-order valence-corrected chi connectivity index (χ2v) is 6.19. The van der Waals surface area contributed by atoms with Crippen LogP contribution in [0.2, 0.25) is 0 Å². The molecule has 0 aliphatic heterocycles. The fraction of sp³-hybridized carbons (Fsp3) is 0. The molecule has 0 bridgehead atoms. The number of hydrogen-bond donors (Lipinski definition) is 0. The standard InChI is InChI=1S/C19H12BrFN2/c20-14-9-10-19(17(21)11-14)23-12-16-15(7-4-8-18(16)22-23)13-5-2-1-3-6-13/h1-12H. The summed E-state index contributed by atoms with van der Waals surface area (Å²) in [5.41, 5.74) is 3.48. The van der Waals surface area contributed by atoms with Crippen molar-refractivity contribution < 1.29 is 4.39 Å². The maximum absolute atomic E-state index is 14.2. The highest BCUT2D eigenvalue weighted by atomic mass is 79.9. The van der Waals surface area contributed by atoms with Gasteiger partial charge in [-0.2, -0.15) is 5.10 Å². The van der Waals surface area contributed by atoms with Gasteiger partial charge in [0, 0.05) is 16.1 Å². The summed E-state index contributed by atoms with van der Waals surface area (Å²) in [4.78, 5) is 0. The molecule has 0 atom stereocenters. The van der Waals surface area contributed by atoms with Crippen molar-refractivity contribution >= 4 is 26.8 Å². The molecule has 0 saturated heterocycles. The second-order valence-electron chi connectivity index (χ2n) is 5.27. The molecule has 2 nitrogen and oxygen atoms in total. The van der Waals surface area contributed by atoms with Gasteiger partial charge in [-0.05, 0) is 35.4 Å². The second kappa shape index (κ2) is 5.63. The van der Waals surface area contributed by atoms with E-state index in [2.05, 4.69) is 39.2 Å². The molecule has 0 aliphatic carbocycles. The minimum absolute atomic E-state index is 0.312. The molecule has 0 radical (unpaired) electrons. The maximum Gasteiger partial charge on any atom is 0.149 e. The summed E-state index contributed by atoms with van der Waals surface area (Å²) in [6.07, 6.45) is 1.88. The molecule has 4 heteroatoms. The molecule has 1 heterocycles. The topological polar surface area (TPSA) is 17.8 Å². The van der Waals surface area contributed by atoms with E-state index in [1.54, 1.807) is 10.7 Å². The van der Waals surface area contributed by atoms with Crippen molar-refractivity contribution in [2.75, 3.05) is 0 Å². The van der Waals surface area contributed by atoms with Crippen molar-refractivity contribution in [2.45, 2.75) is 0 Å². The Morgan fingerprint density at radius 1 is 0.913 bits per heavy atom. The molecule has 0 amide bonds. The first-order valence-electron chi connectivity index (χ1n) is 7.21. The van der Waals surface area contributed by atoms with Crippen molar-refractivity contribution in [1.82, 2.24) is 9.78 Å². The summed E-state index contributed by atoms with van der Waals surface area (Å²) in [5.74, 6) is -0.312. The number of benzene rings is 3. The Morgan fingerprint density at radius 2 is 1.74 bits per heavy atom. The maximum atomic E-state index is 14.2. The highest BCUT2D eigenvalue weighted by Gasteiger charge is 2.11. The molecule has 112 valence electrons. The van der Waals surface area contributed by atoms with E-state index in [-0.39, 0.29) is 5.82 Å². The lowest BCUT2D eigenvalue weighted by molar-refractivity contribution is 0.611. The van der Waals surface area contributed by atoms with Gasteiger partial charge < -0.3 is 0 Å². The Bertz CT molecular complexity index is 993. The lowest BCUT2D eigenvalue weighted by Crippen LogP contribution is -1.97. The summed E-state index contributed by atoms with van der Waals surface area (Å²) >= 11 is 3.28. The molecule has 1 aromatic heterocycles. The van der Waals surface area contributed by atoms with Gasteiger partial charge in [-0.1, -0.05) is 58.4 Å². The van der Waals surface area contributed by atoms with Crippen LogP contribution in [0.1, 0.15) is 0 Å². The van der Waals surface area contributed by atoms with Crippen LogP contribution in [0.5, 0.6) is 0 Å². The van der Waals surface area contributed by atoms with E-state index in [0.29, 0.717) is 10.2 Å². The van der Waals surface area contributed by atoms with Gasteiger partial charge in [0.25, 0.3) is 0 Å². The van der Waals surface area contributed by atoms with Crippen LogP contribution in [0.4, 0.5) is 4.39 Å². The van der Waals surface area contributed by atoms with Gasteiger partial charge in [0.2, 0.25) is 0 Å². The Kier molecular flexibility index (Phi) is 3.46. The SMILES string of the molecule is Fc1cc(Br)ccc1-n1cc2c(-c3ccccc3)cccc2n1. The van der Waals surface area contributed by atoms with Crippen molar-refractivity contribution in [3.63, 3.8) is 0 Å². The van der Waals surface area contributed by atoms with E-state index < -0.39 is 0 Å². The quantitative estimate of drug-likeness (QED) is 0.451. The first-order valence-corrected chi connectivity index (χ1v) is 8.01. The van der Waals surface area contributed by atoms with Crippen LogP contribution in [0.3, 0.4) is 0 Å². The van der Waals surface area contributed by atoms with E-state index in [0.717, 1.165) is 22.0 Å². The summed E-state index contributed by atoms with van der Waals surface area (Å²) < 4.78 is 16.5. The smallest absolute Gasteiger partial charge is 0.149 e. The molecule has 0 spiro atoms. The van der Waals surface area contributed by atoms with Gasteiger partial charge in [0.15, 0.2) is 0 Å². The van der Waals surface area contributed by atoms with E-state index in [1.165, 1.54) is 6.07 Å². The van der Waals surface area contributed by atoms with E-state index in [9.17, 15) is 4.39 Å². The van der Waals surface area contributed by atoms with Crippen molar-refractivity contribution in [3.8, 4) is 16.8 Å². The molecule has 0 unspecified atom stereocenters. The van der Waals surface area contributed by atoms with Crippen LogP contribution in [0, 0.1) is 5.82 Å². The van der Waals surface area contributed by atoms with Crippen LogP contribution < -0.4 is 0 Å². The number of halogens is 2. The predicted molar refractivity (Wildman–Crippen MR) is 94.2 cm³/mol. The van der Waals surface area contributed by atoms with Gasteiger partial charge in [-0.15, -0.1) is 0 Å². The van der Waals surface area contributed by atoms with Gasteiger partial charge in [-0.3, -0.25) is 0 Å². The predicted octanol–water partition coefficient (Wildman–Crippen LogP) is 5.59. The largest absolute Gasteiger partial charge is 0.237 e. The van der Waals surface area contributed by atoms with Crippen LogP contribution in [0.15, 0.2) is 77.4 Å². The first-order chi connectivity index (χ1) is 11.2. The summed E-state index contributed by atoms with van der Waals surface area (Å²) in [6, 6.07) is 21.1. The number of hydrogen-bond acceptors (Lipinski definition) is 1. The van der Waals surface area contributed by atoms with Gasteiger partial charge in [0.05, 0.1) is 5.52 Å². The van der Waals surface area contributed by atoms with Crippen LogP contribution in [0.25, 0.3) is 27.7 Å². The molecule has 23 heavy (non-hydrogen) atoms. The number of nitrogens with zero attached hydrogens (tertiary/aromatic N) is 2. The third-order valence-electron chi connectivity index (χ3n) is 3.79. The molecule has 0 saturated carbocycles. The summed E-state index contributed by atoms with van der Waals surface area (Å²) in [5, 5.41) is 5.52. The van der Waals surface area contributed by atoms with E-state index >= 15 is 0 Å². The normalized spacial score (nSPS) is 11.0. The van der Waals surface area contributed by atoms with Crippen molar-refractivity contribution in [3.05, 3.63) is 83.2 Å². The molecule has 3 aromatic carbocycles. The Morgan fingerprint density at radius 3 is 2.52 bits per heavy atom. The fourth-order valence-corrected chi connectivity index (χ4v) is 3.04. The molecular weight excluding hydrogens is 355 g/mol. The minimum Gasteiger partial charge on any atom is -0.237 e. The van der Waals surface area contributed by atoms with Gasteiger partial charge in [0.1, 0.15) is 11.5 Å². The van der Waals surface area contributed by atoms with E-state index in [4.69, 9.17) is 0 Å². The third-order valence-corrected chi connectivity index (χ3v) is 4.28. The minimum atomic E-state index is -0.312. The van der Waals surface area contributed by atoms with Crippen LogP contribution in [-0.4, -0.2) is 9.78 Å². The zero-order chi connectivity index (χ0) is 15.8. The average molecular weight is 367 g/mol. The third kappa shape index (κ3) is 2.55. The number of aromatic nitrogens is 2. The summed E-state index contributed by atoms with van der Waals surface area (Å²) in [6.45, 7) is 0. The molecule has 4 aromatic rings. The van der Waals surface area contributed by atoms with Crippen LogP contribution >= 0.6 is 15.9 Å². The Balaban J connectivity index is 1.92. The lowest BCUT2D eigenvalue weighted by atomic mass is 10.0. The fourth-order valence-electron chi connectivity index (χ4n) is 2.70. The number of fused-ring (bicyclic) bond motifs is 1. The average Bonchev–Trinajstić information content (AvgIpc) is 2.99. The Hall–Kier alpha value is -2.46. The van der Waals surface area contributed by atoms with Crippen molar-refractivity contribution in [1.29, 1.82) is 0 Å². The molecule has 0 fully saturated rings. The highest BCUT2D eigenvalue weighted by molar-refractivity contribution is 9.10.